The maximum absolute atomic E-state index is 11.6. The van der Waals surface area contributed by atoms with E-state index in [1.165, 1.54) is 30.0 Å². The average molecular weight is 278 g/mol. The summed E-state index contributed by atoms with van der Waals surface area (Å²) < 4.78 is 0. The van der Waals surface area contributed by atoms with E-state index in [4.69, 9.17) is 0 Å². The van der Waals surface area contributed by atoms with Crippen LogP contribution in [0.3, 0.4) is 0 Å². The van der Waals surface area contributed by atoms with Crippen LogP contribution in [0.25, 0.3) is 0 Å². The number of aromatic amines is 1. The van der Waals surface area contributed by atoms with Gasteiger partial charge in [-0.25, -0.2) is 4.98 Å². The van der Waals surface area contributed by atoms with Crippen molar-refractivity contribution in [2.75, 3.05) is 11.1 Å². The van der Waals surface area contributed by atoms with E-state index in [-0.39, 0.29) is 17.3 Å². The highest BCUT2D eigenvalue weighted by molar-refractivity contribution is 7.99. The van der Waals surface area contributed by atoms with E-state index in [2.05, 4.69) is 15.3 Å². The molecule has 0 saturated carbocycles. The molecule has 2 rings (SSSR count). The number of aromatic nitrogens is 2. The van der Waals surface area contributed by atoms with Gasteiger partial charge in [-0.3, -0.25) is 14.9 Å². The van der Waals surface area contributed by atoms with Crippen molar-refractivity contribution in [1.82, 2.24) is 9.97 Å². The van der Waals surface area contributed by atoms with Gasteiger partial charge in [-0.2, -0.15) is 0 Å². The third kappa shape index (κ3) is 3.81. The fraction of sp³-hybridized carbons (Fsp3) is 0.0909. The number of carbonyl (C=O) groups excluding carboxylic acids is 1. The largest absolute Gasteiger partial charge is 0.340 e. The highest BCUT2D eigenvalue weighted by atomic mass is 32.2. The first-order valence-electron chi connectivity index (χ1n) is 5.31. The molecule has 2 aromatic rings. The molecule has 0 aliphatic rings. The fourth-order valence-electron chi connectivity index (χ4n) is 1.36. The van der Waals surface area contributed by atoms with Crippen LogP contribution < -0.4 is 5.32 Å². The van der Waals surface area contributed by atoms with Crippen LogP contribution in [-0.2, 0) is 4.79 Å². The molecule has 0 saturated heterocycles. The Hall–Kier alpha value is -2.35. The van der Waals surface area contributed by atoms with Gasteiger partial charge < -0.3 is 10.3 Å². The standard InChI is InChI=1S/C11H10N4O3S/c16-10(7-19-11-12-4-5-13-11)14-8-2-1-3-9(6-8)15(17)18/h1-6H,7H2,(H,12,13)(H,14,16). The SMILES string of the molecule is O=C(CSc1ncc[nH]1)Nc1cccc([N+](=O)[O-])c1. The third-order valence-corrected chi connectivity index (χ3v) is 3.06. The van der Waals surface area contributed by atoms with Crippen molar-refractivity contribution in [2.45, 2.75) is 5.16 Å². The molecule has 2 N–H and O–H groups in total. The number of nitro benzene ring substituents is 1. The van der Waals surface area contributed by atoms with E-state index in [0.717, 1.165) is 0 Å². The molecule has 0 atom stereocenters. The number of benzene rings is 1. The second kappa shape index (κ2) is 6.01. The maximum atomic E-state index is 11.6. The Morgan fingerprint density at radius 1 is 1.53 bits per heavy atom. The normalized spacial score (nSPS) is 10.1. The molecule has 1 amide bonds. The zero-order valence-corrected chi connectivity index (χ0v) is 10.5. The molecule has 0 bridgehead atoms. The number of anilines is 1. The molecular weight excluding hydrogens is 268 g/mol. The molecule has 0 radical (unpaired) electrons. The molecule has 0 spiro atoms. The highest BCUT2D eigenvalue weighted by Gasteiger charge is 2.08. The predicted molar refractivity (Wildman–Crippen MR) is 71.0 cm³/mol. The summed E-state index contributed by atoms with van der Waals surface area (Å²) in [5.41, 5.74) is 0.343. The van der Waals surface area contributed by atoms with E-state index in [9.17, 15) is 14.9 Å². The van der Waals surface area contributed by atoms with Crippen LogP contribution in [0.5, 0.6) is 0 Å². The van der Waals surface area contributed by atoms with Crippen LogP contribution in [0.4, 0.5) is 11.4 Å². The summed E-state index contributed by atoms with van der Waals surface area (Å²) in [6, 6.07) is 5.80. The minimum absolute atomic E-state index is 0.0588. The second-order valence-corrected chi connectivity index (χ2v) is 4.50. The fourth-order valence-corrected chi connectivity index (χ4v) is 1.98. The Balaban J connectivity index is 1.91. The molecule has 0 aliphatic carbocycles. The zero-order valence-electron chi connectivity index (χ0n) is 9.70. The lowest BCUT2D eigenvalue weighted by Gasteiger charge is -2.03. The van der Waals surface area contributed by atoms with Gasteiger partial charge in [0.1, 0.15) is 0 Å². The van der Waals surface area contributed by atoms with Crippen LogP contribution in [0.1, 0.15) is 0 Å². The minimum Gasteiger partial charge on any atom is -0.340 e. The van der Waals surface area contributed by atoms with Crippen molar-refractivity contribution in [2.24, 2.45) is 0 Å². The second-order valence-electron chi connectivity index (χ2n) is 3.54. The summed E-state index contributed by atoms with van der Waals surface area (Å²) in [4.78, 5) is 28.6. The van der Waals surface area contributed by atoms with E-state index in [1.54, 1.807) is 18.5 Å². The Morgan fingerprint density at radius 3 is 3.05 bits per heavy atom. The lowest BCUT2D eigenvalue weighted by atomic mass is 10.3. The number of imidazole rings is 1. The number of rotatable bonds is 5. The van der Waals surface area contributed by atoms with Crippen LogP contribution in [-0.4, -0.2) is 26.6 Å². The summed E-state index contributed by atoms with van der Waals surface area (Å²) in [7, 11) is 0. The number of nitro groups is 1. The topological polar surface area (TPSA) is 101 Å². The Bertz CT molecular complexity index is 585. The van der Waals surface area contributed by atoms with E-state index < -0.39 is 4.92 Å². The van der Waals surface area contributed by atoms with Crippen molar-refractivity contribution in [3.05, 3.63) is 46.8 Å². The molecule has 1 aromatic heterocycles. The van der Waals surface area contributed by atoms with Crippen LogP contribution >= 0.6 is 11.8 Å². The number of thioether (sulfide) groups is 1. The number of non-ortho nitro benzene ring substituents is 1. The lowest BCUT2D eigenvalue weighted by Crippen LogP contribution is -2.14. The average Bonchev–Trinajstić information content (AvgIpc) is 2.90. The van der Waals surface area contributed by atoms with Gasteiger partial charge in [0.15, 0.2) is 5.16 Å². The summed E-state index contributed by atoms with van der Waals surface area (Å²) in [6.07, 6.45) is 3.27. The van der Waals surface area contributed by atoms with Crippen molar-refractivity contribution < 1.29 is 9.72 Å². The quantitative estimate of drug-likeness (QED) is 0.495. The van der Waals surface area contributed by atoms with Crippen LogP contribution in [0.2, 0.25) is 0 Å². The molecule has 1 aromatic carbocycles. The Kier molecular flexibility index (Phi) is 4.14. The van der Waals surface area contributed by atoms with Crippen molar-refractivity contribution in [3.63, 3.8) is 0 Å². The number of hydrogen-bond donors (Lipinski definition) is 2. The first-order valence-corrected chi connectivity index (χ1v) is 6.30. The van der Waals surface area contributed by atoms with E-state index >= 15 is 0 Å². The van der Waals surface area contributed by atoms with E-state index in [0.29, 0.717) is 10.8 Å². The molecule has 98 valence electrons. The van der Waals surface area contributed by atoms with Crippen molar-refractivity contribution in [3.8, 4) is 0 Å². The monoisotopic (exact) mass is 278 g/mol. The molecule has 0 aliphatic heterocycles. The summed E-state index contributed by atoms with van der Waals surface area (Å²) in [5.74, 6) is -0.0715. The van der Waals surface area contributed by atoms with Crippen molar-refractivity contribution >= 4 is 29.0 Å². The smallest absolute Gasteiger partial charge is 0.271 e. The summed E-state index contributed by atoms with van der Waals surface area (Å²) in [6.45, 7) is 0. The number of amides is 1. The van der Waals surface area contributed by atoms with Crippen molar-refractivity contribution in [1.29, 1.82) is 0 Å². The van der Waals surface area contributed by atoms with Gasteiger partial charge in [0, 0.05) is 30.2 Å². The molecule has 1 heterocycles. The van der Waals surface area contributed by atoms with E-state index in [1.807, 2.05) is 0 Å². The van der Waals surface area contributed by atoms with Crippen LogP contribution in [0, 0.1) is 10.1 Å². The molecule has 19 heavy (non-hydrogen) atoms. The van der Waals surface area contributed by atoms with Gasteiger partial charge in [-0.15, -0.1) is 0 Å². The molecule has 7 nitrogen and oxygen atoms in total. The number of hydrogen-bond acceptors (Lipinski definition) is 5. The van der Waals surface area contributed by atoms with Crippen LogP contribution in [0.15, 0.2) is 41.8 Å². The molecule has 0 unspecified atom stereocenters. The minimum atomic E-state index is -0.507. The first-order chi connectivity index (χ1) is 9.15. The first kappa shape index (κ1) is 13.1. The third-order valence-electron chi connectivity index (χ3n) is 2.15. The summed E-state index contributed by atoms with van der Waals surface area (Å²) >= 11 is 1.25. The number of carbonyl (C=O) groups is 1. The number of H-pyrrole nitrogens is 1. The van der Waals surface area contributed by atoms with Gasteiger partial charge in [-0.05, 0) is 6.07 Å². The zero-order chi connectivity index (χ0) is 13.7. The number of nitrogens with zero attached hydrogens (tertiary/aromatic N) is 2. The molecule has 8 heteroatoms. The predicted octanol–water partition coefficient (Wildman–Crippen LogP) is 2.05. The highest BCUT2D eigenvalue weighted by Crippen LogP contribution is 2.18. The molecule has 0 fully saturated rings. The Morgan fingerprint density at radius 2 is 2.37 bits per heavy atom. The van der Waals surface area contributed by atoms with Gasteiger partial charge in [-0.1, -0.05) is 17.8 Å². The van der Waals surface area contributed by atoms with Gasteiger partial charge in [0.2, 0.25) is 5.91 Å². The Labute approximate surface area is 112 Å². The van der Waals surface area contributed by atoms with Gasteiger partial charge >= 0.3 is 0 Å². The molecular formula is C11H10N4O3S. The maximum Gasteiger partial charge on any atom is 0.271 e. The van der Waals surface area contributed by atoms with Gasteiger partial charge in [0.25, 0.3) is 5.69 Å². The van der Waals surface area contributed by atoms with Gasteiger partial charge in [0.05, 0.1) is 10.7 Å². The lowest BCUT2D eigenvalue weighted by molar-refractivity contribution is -0.384. The summed E-state index contributed by atoms with van der Waals surface area (Å²) in [5, 5.41) is 13.8. The number of nitrogens with one attached hydrogen (secondary N) is 2.